The maximum atomic E-state index is 12.6. The Balaban J connectivity index is 1.92. The van der Waals surface area contributed by atoms with E-state index in [0.717, 1.165) is 0 Å². The van der Waals surface area contributed by atoms with Gasteiger partial charge in [0.2, 0.25) is 5.75 Å². The van der Waals surface area contributed by atoms with Gasteiger partial charge in [0, 0.05) is 17.6 Å². The number of amides is 1. The number of benzene rings is 1. The van der Waals surface area contributed by atoms with Gasteiger partial charge in [-0.1, -0.05) is 17.7 Å². The molecule has 0 aliphatic carbocycles. The fraction of sp³-hybridized carbons (Fsp3) is 0.267. The van der Waals surface area contributed by atoms with Crippen LogP contribution in [0.2, 0.25) is 5.02 Å². The summed E-state index contributed by atoms with van der Waals surface area (Å²) in [5.74, 6) is 0.0489. The zero-order valence-corrected chi connectivity index (χ0v) is 12.7. The van der Waals surface area contributed by atoms with Crippen molar-refractivity contribution in [1.29, 1.82) is 0 Å². The van der Waals surface area contributed by atoms with E-state index in [4.69, 9.17) is 16.3 Å². The summed E-state index contributed by atoms with van der Waals surface area (Å²) < 4.78 is 6.84. The average Bonchev–Trinajstić information content (AvgIpc) is 2.73. The fourth-order valence-electron chi connectivity index (χ4n) is 2.30. The molecule has 1 aliphatic rings. The average molecular weight is 320 g/mol. The van der Waals surface area contributed by atoms with Crippen molar-refractivity contribution in [1.82, 2.24) is 14.5 Å². The molecular formula is C15H14ClN3O3. The number of aryl methyl sites for hydroxylation is 1. The molecule has 0 radical (unpaired) electrons. The molecule has 7 heteroatoms. The topological polar surface area (TPSA) is 64.4 Å². The van der Waals surface area contributed by atoms with Crippen LogP contribution in [0.4, 0.5) is 0 Å². The van der Waals surface area contributed by atoms with Crippen LogP contribution in [-0.4, -0.2) is 33.5 Å². The molecule has 0 fully saturated rings. The molecule has 1 aliphatic heterocycles. The SMILES string of the molecule is Cn1cnc2c(c1=O)OCCN(C(=O)c1cccc(Cl)c1)C2. The minimum atomic E-state index is -0.248. The summed E-state index contributed by atoms with van der Waals surface area (Å²) in [7, 11) is 1.61. The van der Waals surface area contributed by atoms with Gasteiger partial charge in [-0.15, -0.1) is 0 Å². The van der Waals surface area contributed by atoms with Gasteiger partial charge in [0.1, 0.15) is 12.3 Å². The predicted molar refractivity (Wildman–Crippen MR) is 81.2 cm³/mol. The van der Waals surface area contributed by atoms with Crippen LogP contribution in [-0.2, 0) is 13.6 Å². The van der Waals surface area contributed by atoms with Crippen LogP contribution in [0.5, 0.6) is 5.75 Å². The third-order valence-corrected chi connectivity index (χ3v) is 3.71. The Morgan fingerprint density at radius 3 is 3.00 bits per heavy atom. The van der Waals surface area contributed by atoms with Crippen LogP contribution < -0.4 is 10.3 Å². The molecule has 114 valence electrons. The molecule has 0 spiro atoms. The minimum absolute atomic E-state index is 0.165. The van der Waals surface area contributed by atoms with E-state index in [9.17, 15) is 9.59 Å². The Labute approximate surface area is 131 Å². The number of fused-ring (bicyclic) bond motifs is 1. The lowest BCUT2D eigenvalue weighted by atomic mass is 10.2. The Bertz CT molecular complexity index is 788. The van der Waals surface area contributed by atoms with Crippen LogP contribution in [0, 0.1) is 0 Å². The van der Waals surface area contributed by atoms with Gasteiger partial charge in [-0.05, 0) is 18.2 Å². The number of hydrogen-bond acceptors (Lipinski definition) is 4. The highest BCUT2D eigenvalue weighted by atomic mass is 35.5. The van der Waals surface area contributed by atoms with E-state index < -0.39 is 0 Å². The van der Waals surface area contributed by atoms with Gasteiger partial charge in [0.15, 0.2) is 0 Å². The van der Waals surface area contributed by atoms with Crippen molar-refractivity contribution in [2.24, 2.45) is 7.05 Å². The molecule has 2 aromatic rings. The highest BCUT2D eigenvalue weighted by Gasteiger charge is 2.24. The van der Waals surface area contributed by atoms with E-state index in [2.05, 4.69) is 4.98 Å². The molecule has 22 heavy (non-hydrogen) atoms. The molecule has 6 nitrogen and oxygen atoms in total. The highest BCUT2D eigenvalue weighted by Crippen LogP contribution is 2.19. The van der Waals surface area contributed by atoms with Crippen LogP contribution >= 0.6 is 11.6 Å². The van der Waals surface area contributed by atoms with Gasteiger partial charge in [-0.25, -0.2) is 4.98 Å². The second kappa shape index (κ2) is 5.81. The lowest BCUT2D eigenvalue weighted by Crippen LogP contribution is -2.32. The van der Waals surface area contributed by atoms with E-state index in [1.807, 2.05) is 0 Å². The third-order valence-electron chi connectivity index (χ3n) is 3.47. The van der Waals surface area contributed by atoms with Gasteiger partial charge in [-0.2, -0.15) is 0 Å². The van der Waals surface area contributed by atoms with Gasteiger partial charge in [0.05, 0.1) is 19.4 Å². The summed E-state index contributed by atoms with van der Waals surface area (Å²) in [6.45, 7) is 0.863. The predicted octanol–water partition coefficient (Wildman–Crippen LogP) is 1.47. The van der Waals surface area contributed by atoms with Gasteiger partial charge < -0.3 is 9.64 Å². The normalized spacial score (nSPS) is 14.0. The largest absolute Gasteiger partial charge is 0.485 e. The Morgan fingerprint density at radius 1 is 1.41 bits per heavy atom. The van der Waals surface area contributed by atoms with Crippen molar-refractivity contribution < 1.29 is 9.53 Å². The van der Waals surface area contributed by atoms with E-state index >= 15 is 0 Å². The smallest absolute Gasteiger partial charge is 0.295 e. The zero-order chi connectivity index (χ0) is 15.7. The van der Waals surface area contributed by atoms with E-state index in [-0.39, 0.29) is 30.4 Å². The number of halogens is 1. The second-order valence-electron chi connectivity index (χ2n) is 5.02. The number of ether oxygens (including phenoxy) is 1. The molecule has 1 amide bonds. The van der Waals surface area contributed by atoms with Crippen molar-refractivity contribution in [3.63, 3.8) is 0 Å². The van der Waals surface area contributed by atoms with Crippen molar-refractivity contribution in [2.75, 3.05) is 13.2 Å². The molecular weight excluding hydrogens is 306 g/mol. The maximum absolute atomic E-state index is 12.6. The number of nitrogens with zero attached hydrogens (tertiary/aromatic N) is 3. The number of carbonyl (C=O) groups is 1. The first kappa shape index (κ1) is 14.6. The monoisotopic (exact) mass is 319 g/mol. The van der Waals surface area contributed by atoms with E-state index in [1.165, 1.54) is 10.9 Å². The Kier molecular flexibility index (Phi) is 3.85. The molecule has 0 N–H and O–H groups in total. The van der Waals surface area contributed by atoms with Crippen molar-refractivity contribution in [3.8, 4) is 5.75 Å². The second-order valence-corrected chi connectivity index (χ2v) is 5.46. The lowest BCUT2D eigenvalue weighted by molar-refractivity contribution is 0.0732. The number of hydrogen-bond donors (Lipinski definition) is 0. The lowest BCUT2D eigenvalue weighted by Gasteiger charge is -2.19. The minimum Gasteiger partial charge on any atom is -0.485 e. The summed E-state index contributed by atoms with van der Waals surface area (Å²) in [5.41, 5.74) is 0.720. The van der Waals surface area contributed by atoms with Gasteiger partial charge in [0.25, 0.3) is 11.5 Å². The van der Waals surface area contributed by atoms with E-state index in [1.54, 1.807) is 36.2 Å². The van der Waals surface area contributed by atoms with E-state index in [0.29, 0.717) is 22.8 Å². The first-order valence-electron chi connectivity index (χ1n) is 6.78. The molecule has 0 unspecified atom stereocenters. The Morgan fingerprint density at radius 2 is 2.23 bits per heavy atom. The van der Waals surface area contributed by atoms with Gasteiger partial charge in [-0.3, -0.25) is 14.2 Å². The quantitative estimate of drug-likeness (QED) is 0.798. The Hall–Kier alpha value is -2.34. The summed E-state index contributed by atoms with van der Waals surface area (Å²) in [6, 6.07) is 6.77. The molecule has 3 rings (SSSR count). The third kappa shape index (κ3) is 2.69. The number of carbonyl (C=O) groups excluding carboxylic acids is 1. The fourth-order valence-corrected chi connectivity index (χ4v) is 2.49. The molecule has 1 aromatic carbocycles. The van der Waals surface area contributed by atoms with Crippen molar-refractivity contribution >= 4 is 17.5 Å². The first-order chi connectivity index (χ1) is 10.6. The molecule has 2 heterocycles. The summed E-state index contributed by atoms with van der Waals surface area (Å²) in [4.78, 5) is 30.4. The zero-order valence-electron chi connectivity index (χ0n) is 12.0. The molecule has 0 saturated carbocycles. The molecule has 1 aromatic heterocycles. The maximum Gasteiger partial charge on any atom is 0.295 e. The number of aromatic nitrogens is 2. The van der Waals surface area contributed by atoms with Crippen LogP contribution in [0.15, 0.2) is 35.4 Å². The highest BCUT2D eigenvalue weighted by molar-refractivity contribution is 6.30. The van der Waals surface area contributed by atoms with Crippen LogP contribution in [0.3, 0.4) is 0 Å². The number of rotatable bonds is 1. The van der Waals surface area contributed by atoms with Gasteiger partial charge >= 0.3 is 0 Å². The molecule has 0 bridgehead atoms. The van der Waals surface area contributed by atoms with Crippen LogP contribution in [0.25, 0.3) is 0 Å². The van der Waals surface area contributed by atoms with Crippen molar-refractivity contribution in [2.45, 2.75) is 6.54 Å². The van der Waals surface area contributed by atoms with Crippen molar-refractivity contribution in [3.05, 3.63) is 57.2 Å². The summed E-state index contributed by atoms with van der Waals surface area (Å²) >= 11 is 5.93. The summed E-state index contributed by atoms with van der Waals surface area (Å²) in [5, 5.41) is 0.504. The first-order valence-corrected chi connectivity index (χ1v) is 7.16. The molecule has 0 saturated heterocycles. The molecule has 0 atom stereocenters. The standard InChI is InChI=1S/C15H14ClN3O3/c1-18-9-17-12-8-19(5-6-22-13(12)15(18)21)14(20)10-3-2-4-11(16)7-10/h2-4,7,9H,5-6,8H2,1H3. The summed E-state index contributed by atoms with van der Waals surface area (Å²) in [6.07, 6.45) is 1.43. The van der Waals surface area contributed by atoms with Crippen LogP contribution in [0.1, 0.15) is 16.1 Å².